The first-order valence-corrected chi connectivity index (χ1v) is 6.84. The van der Waals surface area contributed by atoms with Crippen LogP contribution >= 0.6 is 11.6 Å². The van der Waals surface area contributed by atoms with Gasteiger partial charge in [0.25, 0.3) is 0 Å². The number of rotatable bonds is 9. The minimum absolute atomic E-state index is 0.0650. The molecule has 114 valence electrons. The molecule has 0 saturated heterocycles. The van der Waals surface area contributed by atoms with Crippen LogP contribution in [0.15, 0.2) is 18.2 Å². The standard InChI is InChI=1S/C14H22ClNO4/c1-10(7-18-2)19-8-13(17)9-20-14-4-3-12(15)5-11(14)6-16/h3-5,10,13,17H,6-9,16H2,1-2H3. The van der Waals surface area contributed by atoms with E-state index in [1.54, 1.807) is 25.3 Å². The molecule has 0 aliphatic rings. The van der Waals surface area contributed by atoms with Crippen molar-refractivity contribution in [2.24, 2.45) is 5.73 Å². The third-order valence-corrected chi connectivity index (χ3v) is 2.88. The second-order valence-corrected chi connectivity index (χ2v) is 4.96. The van der Waals surface area contributed by atoms with Crippen molar-refractivity contribution in [2.45, 2.75) is 25.7 Å². The zero-order valence-corrected chi connectivity index (χ0v) is 12.6. The molecule has 0 fully saturated rings. The number of hydrogen-bond acceptors (Lipinski definition) is 5. The monoisotopic (exact) mass is 303 g/mol. The van der Waals surface area contributed by atoms with E-state index in [1.165, 1.54) is 0 Å². The first-order valence-electron chi connectivity index (χ1n) is 6.46. The Hall–Kier alpha value is -0.850. The summed E-state index contributed by atoms with van der Waals surface area (Å²) in [5.74, 6) is 0.626. The minimum atomic E-state index is -0.712. The van der Waals surface area contributed by atoms with E-state index in [9.17, 15) is 5.11 Å². The molecule has 2 unspecified atom stereocenters. The molecule has 0 aromatic heterocycles. The largest absolute Gasteiger partial charge is 0.490 e. The molecule has 20 heavy (non-hydrogen) atoms. The Morgan fingerprint density at radius 2 is 2.05 bits per heavy atom. The van der Waals surface area contributed by atoms with Crippen LogP contribution in [0.2, 0.25) is 5.02 Å². The molecule has 1 aromatic carbocycles. The predicted molar refractivity (Wildman–Crippen MR) is 78.1 cm³/mol. The van der Waals surface area contributed by atoms with E-state index in [2.05, 4.69) is 0 Å². The van der Waals surface area contributed by atoms with Crippen molar-refractivity contribution in [1.82, 2.24) is 0 Å². The summed E-state index contributed by atoms with van der Waals surface area (Å²) in [7, 11) is 1.61. The molecule has 0 bridgehead atoms. The van der Waals surface area contributed by atoms with Crippen LogP contribution < -0.4 is 10.5 Å². The summed E-state index contributed by atoms with van der Waals surface area (Å²) < 4.78 is 15.9. The molecule has 1 rings (SSSR count). The van der Waals surface area contributed by atoms with Crippen LogP contribution in [0.25, 0.3) is 0 Å². The number of hydrogen-bond donors (Lipinski definition) is 2. The Labute approximate surface area is 124 Å². The summed E-state index contributed by atoms with van der Waals surface area (Å²) >= 11 is 5.88. The van der Waals surface area contributed by atoms with Crippen molar-refractivity contribution in [3.63, 3.8) is 0 Å². The van der Waals surface area contributed by atoms with E-state index >= 15 is 0 Å². The molecule has 6 heteroatoms. The van der Waals surface area contributed by atoms with E-state index in [4.69, 9.17) is 31.5 Å². The van der Waals surface area contributed by atoms with Crippen molar-refractivity contribution in [3.05, 3.63) is 28.8 Å². The summed E-state index contributed by atoms with van der Waals surface area (Å²) in [6, 6.07) is 5.21. The maximum Gasteiger partial charge on any atom is 0.124 e. The molecule has 0 heterocycles. The van der Waals surface area contributed by atoms with Crippen molar-refractivity contribution in [1.29, 1.82) is 0 Å². The van der Waals surface area contributed by atoms with Gasteiger partial charge in [-0.25, -0.2) is 0 Å². The van der Waals surface area contributed by atoms with E-state index in [0.29, 0.717) is 23.9 Å². The second kappa shape index (κ2) is 9.15. The van der Waals surface area contributed by atoms with E-state index < -0.39 is 6.10 Å². The van der Waals surface area contributed by atoms with Gasteiger partial charge in [-0.15, -0.1) is 0 Å². The first-order chi connectivity index (χ1) is 9.56. The maximum absolute atomic E-state index is 9.80. The second-order valence-electron chi connectivity index (χ2n) is 4.52. The Morgan fingerprint density at radius 3 is 2.70 bits per heavy atom. The normalized spacial score (nSPS) is 14.1. The summed E-state index contributed by atoms with van der Waals surface area (Å²) in [5.41, 5.74) is 6.42. The van der Waals surface area contributed by atoms with E-state index in [0.717, 1.165) is 5.56 Å². The van der Waals surface area contributed by atoms with Crippen LogP contribution in [-0.2, 0) is 16.0 Å². The van der Waals surface area contributed by atoms with Gasteiger partial charge in [0.15, 0.2) is 0 Å². The minimum Gasteiger partial charge on any atom is -0.490 e. The highest BCUT2D eigenvalue weighted by atomic mass is 35.5. The summed E-state index contributed by atoms with van der Waals surface area (Å²) in [6.07, 6.45) is -0.777. The summed E-state index contributed by atoms with van der Waals surface area (Å²) in [4.78, 5) is 0. The zero-order valence-electron chi connectivity index (χ0n) is 11.8. The van der Waals surface area contributed by atoms with Crippen molar-refractivity contribution >= 4 is 11.6 Å². The fourth-order valence-corrected chi connectivity index (χ4v) is 1.84. The van der Waals surface area contributed by atoms with Gasteiger partial charge in [-0.3, -0.25) is 0 Å². The van der Waals surface area contributed by atoms with Crippen LogP contribution in [0, 0.1) is 0 Å². The van der Waals surface area contributed by atoms with E-state index in [1.807, 2.05) is 6.92 Å². The molecule has 0 radical (unpaired) electrons. The number of halogens is 1. The highest BCUT2D eigenvalue weighted by Gasteiger charge is 2.10. The van der Waals surface area contributed by atoms with Gasteiger partial charge in [0.05, 0.1) is 19.3 Å². The molecule has 5 nitrogen and oxygen atoms in total. The van der Waals surface area contributed by atoms with Crippen LogP contribution in [-0.4, -0.2) is 44.2 Å². The molecule has 0 aliphatic carbocycles. The lowest BCUT2D eigenvalue weighted by atomic mass is 10.2. The summed E-state index contributed by atoms with van der Waals surface area (Å²) in [5, 5.41) is 10.4. The molecule has 0 saturated carbocycles. The molecule has 0 spiro atoms. The number of aliphatic hydroxyl groups is 1. The van der Waals surface area contributed by atoms with E-state index in [-0.39, 0.29) is 19.3 Å². The van der Waals surface area contributed by atoms with Gasteiger partial charge in [0.2, 0.25) is 0 Å². The average molecular weight is 304 g/mol. The number of ether oxygens (including phenoxy) is 3. The van der Waals surface area contributed by atoms with Gasteiger partial charge in [-0.1, -0.05) is 11.6 Å². The lowest BCUT2D eigenvalue weighted by Crippen LogP contribution is -2.27. The molecule has 0 aliphatic heterocycles. The van der Waals surface area contributed by atoms with Gasteiger partial charge in [-0.05, 0) is 25.1 Å². The molecule has 1 aromatic rings. The molecular weight excluding hydrogens is 282 g/mol. The van der Waals surface area contributed by atoms with Gasteiger partial charge in [0.1, 0.15) is 18.5 Å². The maximum atomic E-state index is 9.80. The summed E-state index contributed by atoms with van der Waals surface area (Å²) in [6.45, 7) is 3.02. The SMILES string of the molecule is COCC(C)OCC(O)COc1ccc(Cl)cc1CN. The number of aliphatic hydroxyl groups excluding tert-OH is 1. The van der Waals surface area contributed by atoms with Crippen LogP contribution in [0.5, 0.6) is 5.75 Å². The van der Waals surface area contributed by atoms with Gasteiger partial charge >= 0.3 is 0 Å². The van der Waals surface area contributed by atoms with Crippen LogP contribution in [0.4, 0.5) is 0 Å². The number of methoxy groups -OCH3 is 1. The molecule has 3 N–H and O–H groups in total. The third kappa shape index (κ3) is 6.07. The van der Waals surface area contributed by atoms with Gasteiger partial charge < -0.3 is 25.1 Å². The highest BCUT2D eigenvalue weighted by molar-refractivity contribution is 6.30. The smallest absolute Gasteiger partial charge is 0.124 e. The van der Waals surface area contributed by atoms with Crippen molar-refractivity contribution < 1.29 is 19.3 Å². The Kier molecular flexibility index (Phi) is 7.87. The van der Waals surface area contributed by atoms with Gasteiger partial charge in [-0.2, -0.15) is 0 Å². The molecule has 2 atom stereocenters. The molecule has 0 amide bonds. The Bertz CT molecular complexity index is 403. The lowest BCUT2D eigenvalue weighted by Gasteiger charge is -2.17. The van der Waals surface area contributed by atoms with Crippen molar-refractivity contribution in [3.8, 4) is 5.75 Å². The van der Waals surface area contributed by atoms with Gasteiger partial charge in [0, 0.05) is 24.2 Å². The number of nitrogens with two attached hydrogens (primary N) is 1. The highest BCUT2D eigenvalue weighted by Crippen LogP contribution is 2.22. The zero-order chi connectivity index (χ0) is 15.0. The van der Waals surface area contributed by atoms with Crippen molar-refractivity contribution in [2.75, 3.05) is 26.9 Å². The molecular formula is C14H22ClNO4. The average Bonchev–Trinajstić information content (AvgIpc) is 2.44. The fourth-order valence-electron chi connectivity index (χ4n) is 1.64. The van der Waals surface area contributed by atoms with Crippen LogP contribution in [0.3, 0.4) is 0 Å². The topological polar surface area (TPSA) is 73.9 Å². The lowest BCUT2D eigenvalue weighted by molar-refractivity contribution is -0.0423. The third-order valence-electron chi connectivity index (χ3n) is 2.65. The fraction of sp³-hybridized carbons (Fsp3) is 0.571. The Morgan fingerprint density at radius 1 is 1.30 bits per heavy atom. The van der Waals surface area contributed by atoms with Crippen LogP contribution in [0.1, 0.15) is 12.5 Å². The quantitative estimate of drug-likeness (QED) is 0.725. The number of benzene rings is 1. The predicted octanol–water partition coefficient (Wildman–Crippen LogP) is 1.59. The first kappa shape index (κ1) is 17.2. The Balaban J connectivity index is 2.39.